The Bertz CT molecular complexity index is 534. The van der Waals surface area contributed by atoms with Crippen LogP contribution in [0.15, 0.2) is 24.3 Å². The molecule has 0 aliphatic heterocycles. The van der Waals surface area contributed by atoms with Gasteiger partial charge in [-0.25, -0.2) is 4.98 Å². The summed E-state index contributed by atoms with van der Waals surface area (Å²) in [6.45, 7) is 4.05. The topological polar surface area (TPSA) is 42.0 Å². The number of nitrogens with one attached hydrogen (secondary N) is 1. The second-order valence-electron chi connectivity index (χ2n) is 3.88. The number of anilines is 1. The van der Waals surface area contributed by atoms with Crippen LogP contribution in [0.25, 0.3) is 0 Å². The lowest BCUT2D eigenvalue weighted by Gasteiger charge is -2.03. The second kappa shape index (κ2) is 5.10. The van der Waals surface area contributed by atoms with Crippen LogP contribution in [0.4, 0.5) is 5.69 Å². The van der Waals surface area contributed by atoms with Crippen molar-refractivity contribution in [2.24, 2.45) is 0 Å². The molecule has 0 aliphatic carbocycles. The first-order chi connectivity index (χ1) is 8.19. The Labute approximate surface area is 105 Å². The number of hydrogen-bond donors (Lipinski definition) is 1. The summed E-state index contributed by atoms with van der Waals surface area (Å²) >= 11 is 1.73. The Morgan fingerprint density at radius 3 is 2.88 bits per heavy atom. The Hall–Kier alpha value is -1.68. The highest BCUT2D eigenvalue weighted by Crippen LogP contribution is 2.22. The van der Waals surface area contributed by atoms with Crippen molar-refractivity contribution < 1.29 is 4.79 Å². The third kappa shape index (κ3) is 2.91. The van der Waals surface area contributed by atoms with E-state index in [4.69, 9.17) is 0 Å². The number of rotatable bonds is 4. The normalized spacial score (nSPS) is 10.2. The molecule has 0 saturated carbocycles. The average molecular weight is 246 g/mol. The molecule has 3 nitrogen and oxygen atoms in total. The van der Waals surface area contributed by atoms with Crippen LogP contribution >= 0.6 is 11.3 Å². The van der Waals surface area contributed by atoms with Crippen molar-refractivity contribution in [2.75, 3.05) is 5.32 Å². The highest BCUT2D eigenvalue weighted by molar-refractivity contribution is 7.11. The molecule has 2 rings (SSSR count). The van der Waals surface area contributed by atoms with Gasteiger partial charge in [-0.15, -0.1) is 11.3 Å². The minimum Gasteiger partial charge on any atom is -0.329 e. The molecule has 0 fully saturated rings. The van der Waals surface area contributed by atoms with E-state index in [0.717, 1.165) is 22.8 Å². The van der Waals surface area contributed by atoms with Crippen molar-refractivity contribution in [3.05, 3.63) is 45.4 Å². The predicted molar refractivity (Wildman–Crippen MR) is 70.5 cm³/mol. The summed E-state index contributed by atoms with van der Waals surface area (Å²) in [7, 11) is 0. The number of nitrogens with zero attached hydrogens (tertiary/aromatic N) is 1. The standard InChI is InChI=1S/C13H14N2OS/c1-9-13(17-10(2)15-9)7-11-4-3-5-12(6-11)14-8-16/h3-6,8H,7H2,1-2H3,(H,14,16). The van der Waals surface area contributed by atoms with E-state index in [1.165, 1.54) is 10.4 Å². The molecule has 0 radical (unpaired) electrons. The smallest absolute Gasteiger partial charge is 0.211 e. The molecule has 1 aromatic carbocycles. The molecule has 0 unspecified atom stereocenters. The molecule has 4 heteroatoms. The van der Waals surface area contributed by atoms with E-state index in [2.05, 4.69) is 16.4 Å². The summed E-state index contributed by atoms with van der Waals surface area (Å²) in [5.41, 5.74) is 3.11. The van der Waals surface area contributed by atoms with Gasteiger partial charge in [0.1, 0.15) is 0 Å². The maximum atomic E-state index is 10.4. The van der Waals surface area contributed by atoms with E-state index in [0.29, 0.717) is 6.41 Å². The Kier molecular flexibility index (Phi) is 3.54. The van der Waals surface area contributed by atoms with Gasteiger partial charge in [0.15, 0.2) is 0 Å². The minimum absolute atomic E-state index is 0.696. The van der Waals surface area contributed by atoms with E-state index in [9.17, 15) is 4.79 Å². The highest BCUT2D eigenvalue weighted by Gasteiger charge is 2.06. The summed E-state index contributed by atoms with van der Waals surface area (Å²) in [6.07, 6.45) is 1.56. The monoisotopic (exact) mass is 246 g/mol. The molecule has 0 bridgehead atoms. The quantitative estimate of drug-likeness (QED) is 0.843. The van der Waals surface area contributed by atoms with Gasteiger partial charge in [0.05, 0.1) is 10.7 Å². The molecule has 1 aromatic heterocycles. The zero-order valence-corrected chi connectivity index (χ0v) is 10.7. The SMILES string of the molecule is Cc1nc(C)c(Cc2cccc(NC=O)c2)s1. The molecule has 0 aliphatic rings. The maximum absolute atomic E-state index is 10.4. The third-order valence-corrected chi connectivity index (χ3v) is 3.59. The minimum atomic E-state index is 0.696. The third-order valence-electron chi connectivity index (χ3n) is 2.52. The van der Waals surface area contributed by atoms with Crippen molar-refractivity contribution >= 4 is 23.4 Å². The summed E-state index contributed by atoms with van der Waals surface area (Å²) in [4.78, 5) is 16.1. The van der Waals surface area contributed by atoms with Crippen LogP contribution in [0, 0.1) is 13.8 Å². The first kappa shape index (κ1) is 11.8. The lowest BCUT2D eigenvalue weighted by Crippen LogP contribution is -1.95. The molecule has 0 atom stereocenters. The maximum Gasteiger partial charge on any atom is 0.211 e. The first-order valence-electron chi connectivity index (χ1n) is 5.41. The fourth-order valence-corrected chi connectivity index (χ4v) is 2.73. The van der Waals surface area contributed by atoms with Gasteiger partial charge in [0.2, 0.25) is 6.41 Å². The van der Waals surface area contributed by atoms with Crippen molar-refractivity contribution in [3.8, 4) is 0 Å². The summed E-state index contributed by atoms with van der Waals surface area (Å²) in [5, 5.41) is 3.76. The number of aryl methyl sites for hydroxylation is 2. The Balaban J connectivity index is 2.20. The molecule has 88 valence electrons. The number of benzene rings is 1. The van der Waals surface area contributed by atoms with Gasteiger partial charge in [-0.2, -0.15) is 0 Å². The van der Waals surface area contributed by atoms with Crippen LogP contribution in [0.1, 0.15) is 21.1 Å². The lowest BCUT2D eigenvalue weighted by molar-refractivity contribution is -0.105. The summed E-state index contributed by atoms with van der Waals surface area (Å²) < 4.78 is 0. The number of carbonyl (C=O) groups is 1. The molecular weight excluding hydrogens is 232 g/mol. The van der Waals surface area contributed by atoms with E-state index < -0.39 is 0 Å². The van der Waals surface area contributed by atoms with Gasteiger partial charge in [-0.05, 0) is 31.5 Å². The van der Waals surface area contributed by atoms with Crippen LogP contribution in [0.3, 0.4) is 0 Å². The van der Waals surface area contributed by atoms with E-state index in [-0.39, 0.29) is 0 Å². The van der Waals surface area contributed by atoms with Crippen LogP contribution in [-0.2, 0) is 11.2 Å². The fraction of sp³-hybridized carbons (Fsp3) is 0.231. The van der Waals surface area contributed by atoms with Crippen LogP contribution in [-0.4, -0.2) is 11.4 Å². The number of hydrogen-bond acceptors (Lipinski definition) is 3. The van der Waals surface area contributed by atoms with Gasteiger partial charge >= 0.3 is 0 Å². The molecule has 17 heavy (non-hydrogen) atoms. The van der Waals surface area contributed by atoms with Crippen molar-refractivity contribution in [1.82, 2.24) is 4.98 Å². The molecule has 1 N–H and O–H groups in total. The highest BCUT2D eigenvalue weighted by atomic mass is 32.1. The van der Waals surface area contributed by atoms with Gasteiger partial charge in [0, 0.05) is 17.0 Å². The van der Waals surface area contributed by atoms with Gasteiger partial charge in [-0.3, -0.25) is 4.79 Å². The summed E-state index contributed by atoms with van der Waals surface area (Å²) in [5.74, 6) is 0. The van der Waals surface area contributed by atoms with E-state index in [1.807, 2.05) is 32.0 Å². The fourth-order valence-electron chi connectivity index (χ4n) is 1.76. The zero-order chi connectivity index (χ0) is 12.3. The van der Waals surface area contributed by atoms with E-state index in [1.54, 1.807) is 11.3 Å². The Morgan fingerprint density at radius 2 is 2.24 bits per heavy atom. The van der Waals surface area contributed by atoms with Gasteiger partial charge in [-0.1, -0.05) is 12.1 Å². The van der Waals surface area contributed by atoms with Crippen LogP contribution in [0.5, 0.6) is 0 Å². The molecular formula is C13H14N2OS. The lowest BCUT2D eigenvalue weighted by atomic mass is 10.1. The van der Waals surface area contributed by atoms with E-state index >= 15 is 0 Å². The number of aromatic nitrogens is 1. The molecule has 0 saturated heterocycles. The number of amides is 1. The van der Waals surface area contributed by atoms with Crippen molar-refractivity contribution in [2.45, 2.75) is 20.3 Å². The zero-order valence-electron chi connectivity index (χ0n) is 9.86. The largest absolute Gasteiger partial charge is 0.329 e. The van der Waals surface area contributed by atoms with Crippen molar-refractivity contribution in [3.63, 3.8) is 0 Å². The van der Waals surface area contributed by atoms with Crippen molar-refractivity contribution in [1.29, 1.82) is 0 Å². The molecule has 1 heterocycles. The first-order valence-corrected chi connectivity index (χ1v) is 6.22. The van der Waals surface area contributed by atoms with Crippen LogP contribution < -0.4 is 5.32 Å². The number of carbonyl (C=O) groups excluding carboxylic acids is 1. The molecule has 1 amide bonds. The second-order valence-corrected chi connectivity index (χ2v) is 5.17. The predicted octanol–water partition coefficient (Wildman–Crippen LogP) is 2.92. The van der Waals surface area contributed by atoms with Gasteiger partial charge in [0.25, 0.3) is 0 Å². The average Bonchev–Trinajstić information content (AvgIpc) is 2.58. The van der Waals surface area contributed by atoms with Gasteiger partial charge < -0.3 is 5.32 Å². The Morgan fingerprint density at radius 1 is 1.41 bits per heavy atom. The molecule has 0 spiro atoms. The molecule has 2 aromatic rings. The van der Waals surface area contributed by atoms with Crippen LogP contribution in [0.2, 0.25) is 0 Å². The summed E-state index contributed by atoms with van der Waals surface area (Å²) in [6, 6.07) is 7.88. The number of thiazole rings is 1.